The first-order valence-electron chi connectivity index (χ1n) is 7.90. The number of hydrogen-bond donors (Lipinski definition) is 1. The summed E-state index contributed by atoms with van der Waals surface area (Å²) < 4.78 is 4.65. The molecule has 0 spiro atoms. The smallest absolute Gasteiger partial charge is 0.308 e. The summed E-state index contributed by atoms with van der Waals surface area (Å²) in [7, 11) is 1.27. The van der Waals surface area contributed by atoms with Gasteiger partial charge in [0.05, 0.1) is 25.0 Å². The number of fused-ring (bicyclic) bond motifs is 3. The van der Waals surface area contributed by atoms with Crippen LogP contribution in [0, 0.1) is 23.2 Å². The molecule has 5 heteroatoms. The quantitative estimate of drug-likeness (QED) is 0.798. The Labute approximate surface area is 129 Å². The zero-order valence-electron chi connectivity index (χ0n) is 13.0. The molecule has 0 aromatic carbocycles. The molecular weight excluding hydrogens is 284 g/mol. The molecule has 5 nitrogen and oxygen atoms in total. The van der Waals surface area contributed by atoms with Gasteiger partial charge in [-0.1, -0.05) is 5.57 Å². The van der Waals surface area contributed by atoms with E-state index < -0.39 is 17.5 Å². The first-order valence-corrected chi connectivity index (χ1v) is 7.90. The highest BCUT2D eigenvalue weighted by Crippen LogP contribution is 2.62. The summed E-state index contributed by atoms with van der Waals surface area (Å²) in [6.45, 7) is 1.91. The number of Topliss-reactive ketones (excluding diaryl/α,β-unsaturated/α-hetero) is 1. The summed E-state index contributed by atoms with van der Waals surface area (Å²) in [5, 5.41) is 10.8. The third kappa shape index (κ3) is 1.98. The Bertz CT molecular complexity index is 563. The van der Waals surface area contributed by atoms with Crippen LogP contribution in [0.2, 0.25) is 0 Å². The van der Waals surface area contributed by atoms with Crippen molar-refractivity contribution in [2.45, 2.75) is 45.1 Å². The van der Waals surface area contributed by atoms with E-state index in [1.54, 1.807) is 6.08 Å². The Morgan fingerprint density at radius 3 is 2.91 bits per heavy atom. The minimum atomic E-state index is -1.08. The molecule has 0 heterocycles. The van der Waals surface area contributed by atoms with Crippen molar-refractivity contribution in [2.24, 2.45) is 23.2 Å². The Morgan fingerprint density at radius 2 is 2.23 bits per heavy atom. The lowest BCUT2D eigenvalue weighted by molar-refractivity contribution is -0.152. The molecule has 5 atom stereocenters. The van der Waals surface area contributed by atoms with Crippen molar-refractivity contribution in [2.75, 3.05) is 7.11 Å². The van der Waals surface area contributed by atoms with Gasteiger partial charge in [0.15, 0.2) is 5.78 Å². The van der Waals surface area contributed by atoms with Crippen molar-refractivity contribution in [3.05, 3.63) is 11.6 Å². The number of aliphatic hydroxyl groups excluding tert-OH is 1. The molecule has 3 aliphatic rings. The summed E-state index contributed by atoms with van der Waals surface area (Å²) in [4.78, 5) is 36.6. The molecule has 2 saturated carbocycles. The summed E-state index contributed by atoms with van der Waals surface area (Å²) in [6.07, 6.45) is 2.80. The molecule has 3 rings (SSSR count). The number of aliphatic hydroxyl groups is 1. The summed E-state index contributed by atoms with van der Waals surface area (Å²) in [5.74, 6) is -0.757. The van der Waals surface area contributed by atoms with Gasteiger partial charge in [-0.25, -0.2) is 0 Å². The van der Waals surface area contributed by atoms with E-state index in [4.69, 9.17) is 0 Å². The largest absolute Gasteiger partial charge is 0.469 e. The average molecular weight is 306 g/mol. The van der Waals surface area contributed by atoms with Crippen molar-refractivity contribution in [1.29, 1.82) is 0 Å². The zero-order chi connectivity index (χ0) is 16.1. The second-order valence-electron chi connectivity index (χ2n) is 6.94. The van der Waals surface area contributed by atoms with Gasteiger partial charge in [0.2, 0.25) is 0 Å². The third-order valence-electron chi connectivity index (χ3n) is 5.94. The summed E-state index contributed by atoms with van der Waals surface area (Å²) in [5.41, 5.74) is 0.00756. The van der Waals surface area contributed by atoms with E-state index in [9.17, 15) is 19.5 Å². The molecule has 22 heavy (non-hydrogen) atoms. The van der Waals surface area contributed by atoms with Crippen LogP contribution in [0.5, 0.6) is 0 Å². The van der Waals surface area contributed by atoms with Crippen molar-refractivity contribution in [3.8, 4) is 0 Å². The molecule has 2 fully saturated rings. The molecule has 0 bridgehead atoms. The standard InChI is InChI=1S/C17H22O5/c1-9-5-10-7-11-12(3-4-13(11)18)17(10,14(19)6-9)15(20)8-16(21)22-2/h6,10-12,15,20H,3-5,7-8H2,1-2H3/t10-,11-,12-,15?,17+/m0/s1. The monoisotopic (exact) mass is 306 g/mol. The van der Waals surface area contributed by atoms with E-state index in [1.165, 1.54) is 7.11 Å². The van der Waals surface area contributed by atoms with Gasteiger partial charge in [0.25, 0.3) is 0 Å². The fourth-order valence-electron chi connectivity index (χ4n) is 5.11. The number of carbonyl (C=O) groups excluding carboxylic acids is 3. The van der Waals surface area contributed by atoms with Gasteiger partial charge in [0, 0.05) is 12.3 Å². The topological polar surface area (TPSA) is 80.7 Å². The van der Waals surface area contributed by atoms with Crippen LogP contribution in [-0.4, -0.2) is 35.9 Å². The van der Waals surface area contributed by atoms with Crippen LogP contribution < -0.4 is 0 Å². The van der Waals surface area contributed by atoms with Crippen LogP contribution in [0.25, 0.3) is 0 Å². The maximum Gasteiger partial charge on any atom is 0.308 e. The van der Waals surface area contributed by atoms with E-state index in [1.807, 2.05) is 6.92 Å². The molecule has 0 aromatic rings. The zero-order valence-corrected chi connectivity index (χ0v) is 13.0. The Balaban J connectivity index is 2.02. The molecule has 0 saturated heterocycles. The maximum absolute atomic E-state index is 12.9. The van der Waals surface area contributed by atoms with E-state index >= 15 is 0 Å². The summed E-state index contributed by atoms with van der Waals surface area (Å²) >= 11 is 0. The molecule has 0 aliphatic heterocycles. The SMILES string of the molecule is COC(=O)CC(O)[C@]12C(=O)C=C(C)C[C@H]1C[C@@H]1C(=O)CC[C@@H]12. The molecule has 0 amide bonds. The molecule has 120 valence electrons. The van der Waals surface area contributed by atoms with Crippen LogP contribution in [0.3, 0.4) is 0 Å². The highest BCUT2D eigenvalue weighted by molar-refractivity contribution is 6.00. The molecule has 1 unspecified atom stereocenters. The molecular formula is C17H22O5. The van der Waals surface area contributed by atoms with E-state index in [-0.39, 0.29) is 35.7 Å². The normalized spacial score (nSPS) is 38.3. The average Bonchev–Trinajstić information content (AvgIpc) is 2.97. The number of ketones is 2. The van der Waals surface area contributed by atoms with Gasteiger partial charge in [-0.05, 0) is 44.1 Å². The van der Waals surface area contributed by atoms with Gasteiger partial charge >= 0.3 is 5.97 Å². The van der Waals surface area contributed by atoms with Crippen LogP contribution in [0.15, 0.2) is 11.6 Å². The number of esters is 1. The minimum absolute atomic E-state index is 0.0519. The van der Waals surface area contributed by atoms with Crippen molar-refractivity contribution < 1.29 is 24.2 Å². The van der Waals surface area contributed by atoms with Crippen LogP contribution in [0.1, 0.15) is 39.0 Å². The van der Waals surface area contributed by atoms with Crippen molar-refractivity contribution in [3.63, 3.8) is 0 Å². The van der Waals surface area contributed by atoms with Crippen molar-refractivity contribution in [1.82, 2.24) is 0 Å². The van der Waals surface area contributed by atoms with E-state index in [0.717, 1.165) is 5.57 Å². The van der Waals surface area contributed by atoms with Crippen LogP contribution in [-0.2, 0) is 19.1 Å². The van der Waals surface area contributed by atoms with Crippen molar-refractivity contribution >= 4 is 17.5 Å². The van der Waals surface area contributed by atoms with Gasteiger partial charge < -0.3 is 9.84 Å². The van der Waals surface area contributed by atoms with E-state index in [0.29, 0.717) is 25.7 Å². The molecule has 1 N–H and O–H groups in total. The first kappa shape index (κ1) is 15.4. The lowest BCUT2D eigenvalue weighted by atomic mass is 9.60. The number of carbonyl (C=O) groups is 3. The number of hydrogen-bond acceptors (Lipinski definition) is 5. The fraction of sp³-hybridized carbons (Fsp3) is 0.706. The molecule has 0 radical (unpaired) electrons. The number of allylic oxidation sites excluding steroid dienone is 2. The van der Waals surface area contributed by atoms with Gasteiger partial charge in [-0.15, -0.1) is 0 Å². The molecule has 3 aliphatic carbocycles. The summed E-state index contributed by atoms with van der Waals surface area (Å²) in [6, 6.07) is 0. The van der Waals surface area contributed by atoms with Gasteiger partial charge in [0.1, 0.15) is 5.78 Å². The van der Waals surface area contributed by atoms with Gasteiger partial charge in [-0.2, -0.15) is 0 Å². The highest BCUT2D eigenvalue weighted by atomic mass is 16.5. The number of methoxy groups -OCH3 is 1. The lowest BCUT2D eigenvalue weighted by Gasteiger charge is -2.44. The highest BCUT2D eigenvalue weighted by Gasteiger charge is 2.65. The lowest BCUT2D eigenvalue weighted by Crippen LogP contribution is -2.51. The molecule has 0 aromatic heterocycles. The second-order valence-corrected chi connectivity index (χ2v) is 6.94. The fourth-order valence-corrected chi connectivity index (χ4v) is 5.11. The van der Waals surface area contributed by atoms with Crippen LogP contribution >= 0.6 is 0 Å². The minimum Gasteiger partial charge on any atom is -0.469 e. The predicted molar refractivity (Wildman–Crippen MR) is 77.8 cm³/mol. The maximum atomic E-state index is 12.9. The first-order chi connectivity index (χ1) is 10.4. The number of rotatable bonds is 3. The Morgan fingerprint density at radius 1 is 1.50 bits per heavy atom. The predicted octanol–water partition coefficient (Wildman–Crippen LogP) is 1.43. The second kappa shape index (κ2) is 5.30. The number of ether oxygens (including phenoxy) is 1. The van der Waals surface area contributed by atoms with Crippen LogP contribution in [0.4, 0.5) is 0 Å². The third-order valence-corrected chi connectivity index (χ3v) is 5.94. The Hall–Kier alpha value is -1.49. The van der Waals surface area contributed by atoms with Gasteiger partial charge in [-0.3, -0.25) is 14.4 Å². The van der Waals surface area contributed by atoms with E-state index in [2.05, 4.69) is 4.74 Å². The Kier molecular flexibility index (Phi) is 3.71.